The van der Waals surface area contributed by atoms with Crippen LogP contribution in [0.3, 0.4) is 0 Å². The van der Waals surface area contributed by atoms with Crippen LogP contribution in [0.2, 0.25) is 10.0 Å². The second kappa shape index (κ2) is 7.49. The van der Waals surface area contributed by atoms with Crippen LogP contribution in [0, 0.1) is 6.92 Å². The molecule has 0 aliphatic carbocycles. The number of aryl methyl sites for hydroxylation is 1. The summed E-state index contributed by atoms with van der Waals surface area (Å²) in [6.45, 7) is 1.50. The van der Waals surface area contributed by atoms with Crippen molar-refractivity contribution in [3.05, 3.63) is 50.9 Å². The Balaban J connectivity index is 1.88. The largest absolute Gasteiger partial charge is 0.483 e. The maximum Gasteiger partial charge on any atom is 0.335 e. The maximum atomic E-state index is 12.0. The molecule has 0 unspecified atom stereocenters. The number of hydrogen-bond donors (Lipinski definition) is 2. The Kier molecular flexibility index (Phi) is 5.31. The summed E-state index contributed by atoms with van der Waals surface area (Å²) in [4.78, 5) is 27.5. The van der Waals surface area contributed by atoms with E-state index in [0.29, 0.717) is 25.9 Å². The standard InChI is InChI=1S/C17H12Cl2N2O4S/c1-8-7-26-17(20-8)21-14(22)6-25-13-4-10(16(23)24)2-9-3-11(18)5-12(19)15(9)13/h2-5,7H,6H2,1H3,(H,23,24)(H,20,21,22). The molecule has 3 aromatic rings. The van der Waals surface area contributed by atoms with Crippen LogP contribution in [0.1, 0.15) is 16.1 Å². The zero-order chi connectivity index (χ0) is 18.8. The Labute approximate surface area is 162 Å². The van der Waals surface area contributed by atoms with Crippen molar-refractivity contribution in [3.8, 4) is 5.75 Å². The lowest BCUT2D eigenvalue weighted by Crippen LogP contribution is -2.20. The number of anilines is 1. The number of fused-ring (bicyclic) bond motifs is 1. The third-order valence-corrected chi connectivity index (χ3v) is 4.79. The van der Waals surface area contributed by atoms with E-state index in [1.54, 1.807) is 6.07 Å². The van der Waals surface area contributed by atoms with Crippen LogP contribution >= 0.6 is 34.5 Å². The molecule has 9 heteroatoms. The molecule has 2 aromatic carbocycles. The Morgan fingerprint density at radius 1 is 1.27 bits per heavy atom. The molecule has 0 aliphatic heterocycles. The molecule has 0 atom stereocenters. The van der Waals surface area contributed by atoms with Gasteiger partial charge < -0.3 is 9.84 Å². The Morgan fingerprint density at radius 2 is 2.04 bits per heavy atom. The molecule has 26 heavy (non-hydrogen) atoms. The zero-order valence-corrected chi connectivity index (χ0v) is 15.7. The maximum absolute atomic E-state index is 12.0. The van der Waals surface area contributed by atoms with Gasteiger partial charge in [0.05, 0.1) is 16.3 Å². The van der Waals surface area contributed by atoms with Gasteiger partial charge in [-0.25, -0.2) is 9.78 Å². The molecule has 0 fully saturated rings. The topological polar surface area (TPSA) is 88.5 Å². The molecule has 0 bridgehead atoms. The second-order valence-corrected chi connectivity index (χ2v) is 7.10. The molecule has 0 aliphatic rings. The Morgan fingerprint density at radius 3 is 2.69 bits per heavy atom. The van der Waals surface area contributed by atoms with E-state index in [4.69, 9.17) is 27.9 Å². The minimum atomic E-state index is -1.13. The zero-order valence-electron chi connectivity index (χ0n) is 13.4. The highest BCUT2D eigenvalue weighted by molar-refractivity contribution is 7.13. The first-order valence-corrected chi connectivity index (χ1v) is 8.98. The van der Waals surface area contributed by atoms with Crippen molar-refractivity contribution in [3.63, 3.8) is 0 Å². The minimum Gasteiger partial charge on any atom is -0.483 e. The molecular formula is C17H12Cl2N2O4S. The molecule has 3 rings (SSSR count). The average molecular weight is 411 g/mol. The van der Waals surface area contributed by atoms with Crippen molar-refractivity contribution < 1.29 is 19.4 Å². The van der Waals surface area contributed by atoms with E-state index in [0.717, 1.165) is 5.69 Å². The third kappa shape index (κ3) is 4.07. The molecular weight excluding hydrogens is 399 g/mol. The van der Waals surface area contributed by atoms with Crippen molar-refractivity contribution in [1.29, 1.82) is 0 Å². The number of thiazole rings is 1. The van der Waals surface area contributed by atoms with E-state index in [-0.39, 0.29) is 17.9 Å². The van der Waals surface area contributed by atoms with Gasteiger partial charge in [0.1, 0.15) is 5.75 Å². The van der Waals surface area contributed by atoms with E-state index in [1.807, 2.05) is 12.3 Å². The number of nitrogens with one attached hydrogen (secondary N) is 1. The van der Waals surface area contributed by atoms with E-state index >= 15 is 0 Å². The number of benzene rings is 2. The summed E-state index contributed by atoms with van der Waals surface area (Å²) in [7, 11) is 0. The van der Waals surface area contributed by atoms with Crippen LogP contribution < -0.4 is 10.1 Å². The number of rotatable bonds is 5. The average Bonchev–Trinajstić information content (AvgIpc) is 2.96. The van der Waals surface area contributed by atoms with Gasteiger partial charge in [-0.15, -0.1) is 11.3 Å². The van der Waals surface area contributed by atoms with Crippen LogP contribution in [-0.2, 0) is 4.79 Å². The third-order valence-electron chi connectivity index (χ3n) is 3.40. The van der Waals surface area contributed by atoms with E-state index in [9.17, 15) is 14.7 Å². The number of carbonyl (C=O) groups is 2. The number of carbonyl (C=O) groups excluding carboxylic acids is 1. The lowest BCUT2D eigenvalue weighted by molar-refractivity contribution is -0.118. The highest BCUT2D eigenvalue weighted by Gasteiger charge is 2.15. The lowest BCUT2D eigenvalue weighted by Gasteiger charge is -2.12. The minimum absolute atomic E-state index is 0.00166. The smallest absolute Gasteiger partial charge is 0.335 e. The van der Waals surface area contributed by atoms with Crippen LogP contribution in [0.15, 0.2) is 29.6 Å². The first kappa shape index (κ1) is 18.4. The number of hydrogen-bond acceptors (Lipinski definition) is 5. The van der Waals surface area contributed by atoms with Crippen LogP contribution in [0.5, 0.6) is 5.75 Å². The molecule has 1 heterocycles. The number of ether oxygens (including phenoxy) is 1. The summed E-state index contributed by atoms with van der Waals surface area (Å²) in [6, 6.07) is 5.88. The summed E-state index contributed by atoms with van der Waals surface area (Å²) in [5.74, 6) is -1.36. The fourth-order valence-electron chi connectivity index (χ4n) is 2.34. The molecule has 0 saturated carbocycles. The van der Waals surface area contributed by atoms with Gasteiger partial charge in [0, 0.05) is 15.8 Å². The van der Waals surface area contributed by atoms with Crippen LogP contribution in [0.4, 0.5) is 5.13 Å². The number of halogens is 2. The molecule has 134 valence electrons. The van der Waals surface area contributed by atoms with Crippen molar-refractivity contribution in [2.24, 2.45) is 0 Å². The SMILES string of the molecule is Cc1csc(NC(=O)COc2cc(C(=O)O)cc3cc(Cl)cc(Cl)c23)n1. The lowest BCUT2D eigenvalue weighted by atomic mass is 10.1. The number of carboxylic acids is 1. The van der Waals surface area contributed by atoms with Gasteiger partial charge in [0.15, 0.2) is 11.7 Å². The van der Waals surface area contributed by atoms with E-state index in [1.165, 1.54) is 29.5 Å². The van der Waals surface area contributed by atoms with Gasteiger partial charge in [-0.05, 0) is 36.6 Å². The van der Waals surface area contributed by atoms with E-state index < -0.39 is 11.9 Å². The predicted octanol–water partition coefficient (Wildman–Crippen LogP) is 4.63. The predicted molar refractivity (Wildman–Crippen MR) is 102 cm³/mol. The quantitative estimate of drug-likeness (QED) is 0.639. The number of carboxylic acid groups (broad SMARTS) is 1. The second-order valence-electron chi connectivity index (χ2n) is 5.40. The van der Waals surface area contributed by atoms with E-state index in [2.05, 4.69) is 10.3 Å². The van der Waals surface area contributed by atoms with Gasteiger partial charge >= 0.3 is 5.97 Å². The molecule has 0 saturated heterocycles. The molecule has 0 spiro atoms. The van der Waals surface area contributed by atoms with Gasteiger partial charge in [-0.1, -0.05) is 23.2 Å². The Hall–Kier alpha value is -2.35. The van der Waals surface area contributed by atoms with Gasteiger partial charge in [-0.2, -0.15) is 0 Å². The van der Waals surface area contributed by atoms with Crippen LogP contribution in [0.25, 0.3) is 10.8 Å². The molecule has 2 N–H and O–H groups in total. The van der Waals surface area contributed by atoms with Gasteiger partial charge in [0.2, 0.25) is 0 Å². The number of aromatic carboxylic acids is 1. The number of amides is 1. The first-order valence-electron chi connectivity index (χ1n) is 7.34. The van der Waals surface area contributed by atoms with Crippen LogP contribution in [-0.4, -0.2) is 28.6 Å². The van der Waals surface area contributed by atoms with Crippen molar-refractivity contribution in [2.45, 2.75) is 6.92 Å². The van der Waals surface area contributed by atoms with Gasteiger partial charge in [0.25, 0.3) is 5.91 Å². The number of nitrogens with zero attached hydrogens (tertiary/aromatic N) is 1. The fourth-order valence-corrected chi connectivity index (χ4v) is 3.64. The summed E-state index contributed by atoms with van der Waals surface area (Å²) in [5.41, 5.74) is 0.803. The summed E-state index contributed by atoms with van der Waals surface area (Å²) in [6.07, 6.45) is 0. The first-order chi connectivity index (χ1) is 12.3. The van der Waals surface area contributed by atoms with Crippen molar-refractivity contribution in [1.82, 2.24) is 4.98 Å². The van der Waals surface area contributed by atoms with Gasteiger partial charge in [-0.3, -0.25) is 10.1 Å². The highest BCUT2D eigenvalue weighted by atomic mass is 35.5. The normalized spacial score (nSPS) is 10.7. The molecule has 0 radical (unpaired) electrons. The van der Waals surface area contributed by atoms with Crippen molar-refractivity contribution >= 4 is 62.3 Å². The summed E-state index contributed by atoms with van der Waals surface area (Å²) < 4.78 is 5.55. The highest BCUT2D eigenvalue weighted by Crippen LogP contribution is 2.36. The molecule has 1 amide bonds. The fraction of sp³-hybridized carbons (Fsp3) is 0.118. The number of aromatic nitrogens is 1. The summed E-state index contributed by atoms with van der Waals surface area (Å²) >= 11 is 13.5. The summed E-state index contributed by atoms with van der Waals surface area (Å²) in [5, 5.41) is 15.8. The van der Waals surface area contributed by atoms with Crippen molar-refractivity contribution in [2.75, 3.05) is 11.9 Å². The Bertz CT molecular complexity index is 1020. The molecule has 6 nitrogen and oxygen atoms in total. The molecule has 1 aromatic heterocycles. The monoisotopic (exact) mass is 410 g/mol.